The lowest BCUT2D eigenvalue weighted by Crippen LogP contribution is -2.42. The number of rotatable bonds is 7. The van der Waals surface area contributed by atoms with Gasteiger partial charge in [0.15, 0.2) is 17.5 Å². The van der Waals surface area contributed by atoms with E-state index >= 15 is 0 Å². The molecule has 0 amide bonds. The lowest BCUT2D eigenvalue weighted by molar-refractivity contribution is 0.275. The van der Waals surface area contributed by atoms with Crippen LogP contribution in [0, 0.1) is 5.92 Å². The molecule has 1 heterocycles. The van der Waals surface area contributed by atoms with E-state index in [9.17, 15) is 8.42 Å². The monoisotopic (exact) mass is 512 g/mol. The van der Waals surface area contributed by atoms with E-state index in [1.54, 1.807) is 14.2 Å². The van der Waals surface area contributed by atoms with Gasteiger partial charge in [-0.15, -0.1) is 24.0 Å². The van der Waals surface area contributed by atoms with Gasteiger partial charge >= 0.3 is 0 Å². The van der Waals surface area contributed by atoms with Crippen molar-refractivity contribution in [2.24, 2.45) is 16.6 Å². The third-order valence-corrected chi connectivity index (χ3v) is 5.80. The Morgan fingerprint density at radius 2 is 1.89 bits per heavy atom. The average Bonchev–Trinajstić information content (AvgIpc) is 2.64. The quantitative estimate of drug-likeness (QED) is 0.325. The van der Waals surface area contributed by atoms with Crippen molar-refractivity contribution in [3.05, 3.63) is 23.8 Å². The van der Waals surface area contributed by atoms with E-state index in [0.717, 1.165) is 18.4 Å². The molecule has 10 heteroatoms. The van der Waals surface area contributed by atoms with Crippen LogP contribution >= 0.6 is 24.0 Å². The van der Waals surface area contributed by atoms with E-state index < -0.39 is 10.0 Å². The van der Waals surface area contributed by atoms with Crippen LogP contribution in [0.4, 0.5) is 0 Å². The molecule has 1 aliphatic heterocycles. The fourth-order valence-electron chi connectivity index (χ4n) is 2.91. The fourth-order valence-corrected chi connectivity index (χ4v) is 3.78. The number of hydrogen-bond acceptors (Lipinski definition) is 5. The molecule has 0 radical (unpaired) electrons. The van der Waals surface area contributed by atoms with Crippen LogP contribution in [0.2, 0.25) is 0 Å². The third-order valence-electron chi connectivity index (χ3n) is 4.49. The summed E-state index contributed by atoms with van der Waals surface area (Å²) >= 11 is 0. The summed E-state index contributed by atoms with van der Waals surface area (Å²) in [7, 11) is 0.103. The predicted molar refractivity (Wildman–Crippen MR) is 117 cm³/mol. The van der Waals surface area contributed by atoms with E-state index in [1.165, 1.54) is 10.6 Å². The number of halogens is 1. The zero-order chi connectivity index (χ0) is 19.2. The number of sulfonamides is 1. The van der Waals surface area contributed by atoms with Crippen molar-refractivity contribution in [3.63, 3.8) is 0 Å². The number of benzene rings is 1. The van der Waals surface area contributed by atoms with Crippen LogP contribution in [-0.4, -0.2) is 58.8 Å². The number of hydrogen-bond donors (Lipinski definition) is 2. The lowest BCUT2D eigenvalue weighted by atomic mass is 9.98. The normalized spacial score (nSPS) is 16.5. The van der Waals surface area contributed by atoms with Crippen LogP contribution in [0.25, 0.3) is 0 Å². The van der Waals surface area contributed by atoms with Gasteiger partial charge in [0.05, 0.1) is 27.0 Å². The standard InChI is InChI=1S/C17H28N4O4S.HI/c1-24-15-5-4-14(10-16(15)25-2)12-20-17(18)19-11-13-6-8-21(9-7-13)26(3,22)23;/h4-5,10,13H,6-9,11-12H2,1-3H3,(H3,18,19,20);1H. The summed E-state index contributed by atoms with van der Waals surface area (Å²) in [5.74, 6) is 2.10. The molecule has 2 rings (SSSR count). The largest absolute Gasteiger partial charge is 0.493 e. The molecule has 1 aromatic rings. The van der Waals surface area contributed by atoms with Gasteiger partial charge < -0.3 is 20.5 Å². The van der Waals surface area contributed by atoms with E-state index in [1.807, 2.05) is 18.2 Å². The summed E-state index contributed by atoms with van der Waals surface area (Å²) in [6.45, 7) is 2.26. The van der Waals surface area contributed by atoms with Crippen LogP contribution in [0.5, 0.6) is 11.5 Å². The van der Waals surface area contributed by atoms with Crippen LogP contribution in [0.3, 0.4) is 0 Å². The Balaban J connectivity index is 0.00000364. The molecule has 1 aromatic carbocycles. The van der Waals surface area contributed by atoms with E-state index in [2.05, 4.69) is 10.3 Å². The van der Waals surface area contributed by atoms with Gasteiger partial charge in [-0.05, 0) is 36.5 Å². The molecular weight excluding hydrogens is 483 g/mol. The van der Waals surface area contributed by atoms with Crippen LogP contribution in [0.1, 0.15) is 18.4 Å². The minimum absolute atomic E-state index is 0. The molecule has 0 saturated carbocycles. The Hall–Kier alpha value is -1.27. The Labute approximate surface area is 178 Å². The molecule has 154 valence electrons. The maximum absolute atomic E-state index is 11.5. The zero-order valence-electron chi connectivity index (χ0n) is 16.0. The Morgan fingerprint density at radius 1 is 1.26 bits per heavy atom. The number of guanidine groups is 1. The minimum atomic E-state index is -3.09. The molecule has 1 saturated heterocycles. The van der Waals surface area contributed by atoms with Crippen LogP contribution in [-0.2, 0) is 16.6 Å². The molecule has 0 unspecified atom stereocenters. The maximum atomic E-state index is 11.5. The maximum Gasteiger partial charge on any atom is 0.211 e. The third kappa shape index (κ3) is 7.34. The Bertz CT molecular complexity index is 734. The van der Waals surface area contributed by atoms with Crippen LogP contribution in [0.15, 0.2) is 23.2 Å². The molecule has 1 aliphatic rings. The second kappa shape index (κ2) is 10.9. The van der Waals surface area contributed by atoms with Crippen molar-refractivity contribution in [1.82, 2.24) is 9.62 Å². The van der Waals surface area contributed by atoms with Crippen molar-refractivity contribution < 1.29 is 17.9 Å². The highest BCUT2D eigenvalue weighted by atomic mass is 127. The summed E-state index contributed by atoms with van der Waals surface area (Å²) in [6.07, 6.45) is 2.90. The molecule has 8 nitrogen and oxygen atoms in total. The lowest BCUT2D eigenvalue weighted by Gasteiger charge is -2.30. The molecule has 0 atom stereocenters. The first kappa shape index (κ1) is 23.8. The van der Waals surface area contributed by atoms with E-state index in [0.29, 0.717) is 49.6 Å². The molecule has 27 heavy (non-hydrogen) atoms. The predicted octanol–water partition coefficient (Wildman–Crippen LogP) is 1.40. The van der Waals surface area contributed by atoms with Crippen molar-refractivity contribution >= 4 is 40.0 Å². The second-order valence-corrected chi connectivity index (χ2v) is 8.36. The van der Waals surface area contributed by atoms with Gasteiger partial charge in [0.1, 0.15) is 0 Å². The fraction of sp³-hybridized carbons (Fsp3) is 0.588. The summed E-state index contributed by atoms with van der Waals surface area (Å²) in [6, 6.07) is 5.62. The van der Waals surface area contributed by atoms with Crippen molar-refractivity contribution in [3.8, 4) is 11.5 Å². The first-order chi connectivity index (χ1) is 12.3. The molecule has 3 N–H and O–H groups in total. The highest BCUT2D eigenvalue weighted by molar-refractivity contribution is 14.0. The number of methoxy groups -OCH3 is 2. The van der Waals surface area contributed by atoms with Crippen molar-refractivity contribution in [2.45, 2.75) is 19.4 Å². The molecule has 1 fully saturated rings. The van der Waals surface area contributed by atoms with Crippen molar-refractivity contribution in [1.29, 1.82) is 0 Å². The number of nitrogens with two attached hydrogens (primary N) is 1. The number of aliphatic imine (C=N–C) groups is 1. The molecular formula is C17H29IN4O4S. The number of ether oxygens (including phenoxy) is 2. The zero-order valence-corrected chi connectivity index (χ0v) is 19.1. The van der Waals surface area contributed by atoms with Gasteiger partial charge in [-0.1, -0.05) is 6.07 Å². The minimum Gasteiger partial charge on any atom is -0.493 e. The highest BCUT2D eigenvalue weighted by Crippen LogP contribution is 2.27. The van der Waals surface area contributed by atoms with Gasteiger partial charge in [-0.3, -0.25) is 0 Å². The highest BCUT2D eigenvalue weighted by Gasteiger charge is 2.24. The SMILES string of the molecule is COc1ccc(CN=C(N)NCC2CCN(S(C)(=O)=O)CC2)cc1OC.I. The number of nitrogens with one attached hydrogen (secondary N) is 1. The molecule has 0 bridgehead atoms. The summed E-state index contributed by atoms with van der Waals surface area (Å²) in [5.41, 5.74) is 6.91. The summed E-state index contributed by atoms with van der Waals surface area (Å²) in [5, 5.41) is 3.13. The number of nitrogens with zero attached hydrogens (tertiary/aromatic N) is 2. The average molecular weight is 512 g/mol. The molecule has 0 aliphatic carbocycles. The van der Waals surface area contributed by atoms with Gasteiger partial charge in [0.2, 0.25) is 10.0 Å². The Morgan fingerprint density at radius 3 is 2.44 bits per heavy atom. The first-order valence-electron chi connectivity index (χ1n) is 8.53. The second-order valence-electron chi connectivity index (χ2n) is 6.38. The molecule has 0 spiro atoms. The first-order valence-corrected chi connectivity index (χ1v) is 10.4. The molecule has 0 aromatic heterocycles. The smallest absolute Gasteiger partial charge is 0.211 e. The van der Waals surface area contributed by atoms with Gasteiger partial charge in [0.25, 0.3) is 0 Å². The van der Waals surface area contributed by atoms with E-state index in [-0.39, 0.29) is 24.0 Å². The summed E-state index contributed by atoms with van der Waals surface area (Å²) < 4.78 is 35.1. The topological polar surface area (TPSA) is 106 Å². The number of piperidine rings is 1. The van der Waals surface area contributed by atoms with Gasteiger partial charge in [0, 0.05) is 19.6 Å². The summed E-state index contributed by atoms with van der Waals surface area (Å²) in [4.78, 5) is 4.34. The van der Waals surface area contributed by atoms with Crippen molar-refractivity contribution in [2.75, 3.05) is 40.1 Å². The van der Waals surface area contributed by atoms with Crippen LogP contribution < -0.4 is 20.5 Å². The Kier molecular flexibility index (Phi) is 9.60. The van der Waals surface area contributed by atoms with Gasteiger partial charge in [-0.25, -0.2) is 17.7 Å². The van der Waals surface area contributed by atoms with E-state index in [4.69, 9.17) is 15.2 Å². The van der Waals surface area contributed by atoms with Gasteiger partial charge in [-0.2, -0.15) is 0 Å².